The Labute approximate surface area is 185 Å². The Morgan fingerprint density at radius 3 is 2.13 bits per heavy atom. The summed E-state index contributed by atoms with van der Waals surface area (Å²) >= 11 is 0. The second-order valence-electron chi connectivity index (χ2n) is 7.90. The van der Waals surface area contributed by atoms with Gasteiger partial charge in [-0.2, -0.15) is 0 Å². The number of nitrogens with one attached hydrogen (secondary N) is 1. The van der Waals surface area contributed by atoms with Crippen LogP contribution in [0.5, 0.6) is 11.5 Å². The minimum atomic E-state index is -3.72. The standard InChI is InChI=1S/C23H32N2O5S/c1-16(2)14-22(18-10-12-20(29-4)13-11-18)24-23(26)17(3)25(31(6,27)28)19-8-7-9-21(15-19)30-5/h7-13,15-17,22H,14H2,1-6H3,(H,24,26)/t17-,22+/m0/s1. The Bertz CT molecular complexity index is 974. The van der Waals surface area contributed by atoms with E-state index in [1.165, 1.54) is 7.11 Å². The van der Waals surface area contributed by atoms with Crippen LogP contribution in [0.1, 0.15) is 38.8 Å². The second kappa shape index (κ2) is 10.5. The van der Waals surface area contributed by atoms with Crippen molar-refractivity contribution in [3.63, 3.8) is 0 Å². The number of ether oxygens (including phenoxy) is 2. The first-order valence-corrected chi connectivity index (χ1v) is 12.0. The molecular weight excluding hydrogens is 416 g/mol. The summed E-state index contributed by atoms with van der Waals surface area (Å²) in [6.07, 6.45) is 1.80. The lowest BCUT2D eigenvalue weighted by Crippen LogP contribution is -2.48. The zero-order chi connectivity index (χ0) is 23.2. The number of anilines is 1. The summed E-state index contributed by atoms with van der Waals surface area (Å²) in [4.78, 5) is 13.2. The van der Waals surface area contributed by atoms with E-state index < -0.39 is 16.1 Å². The summed E-state index contributed by atoms with van der Waals surface area (Å²) in [5.74, 6) is 1.18. The number of sulfonamides is 1. The third kappa shape index (κ3) is 6.62. The molecule has 0 fully saturated rings. The number of methoxy groups -OCH3 is 2. The maximum absolute atomic E-state index is 13.2. The molecule has 0 aliphatic rings. The number of hydrogen-bond acceptors (Lipinski definition) is 5. The van der Waals surface area contributed by atoms with Crippen LogP contribution in [0.25, 0.3) is 0 Å². The van der Waals surface area contributed by atoms with Gasteiger partial charge in [0.05, 0.1) is 32.2 Å². The lowest BCUT2D eigenvalue weighted by molar-refractivity contribution is -0.122. The second-order valence-corrected chi connectivity index (χ2v) is 9.76. The van der Waals surface area contributed by atoms with Crippen molar-refractivity contribution in [2.45, 2.75) is 39.3 Å². The Balaban J connectivity index is 2.32. The molecule has 2 rings (SSSR count). The predicted octanol–water partition coefficient (Wildman–Crippen LogP) is 3.76. The van der Waals surface area contributed by atoms with Gasteiger partial charge in [-0.25, -0.2) is 8.42 Å². The van der Waals surface area contributed by atoms with Gasteiger partial charge >= 0.3 is 0 Å². The highest BCUT2D eigenvalue weighted by molar-refractivity contribution is 7.92. The van der Waals surface area contributed by atoms with Gasteiger partial charge in [0.2, 0.25) is 15.9 Å². The molecule has 0 bridgehead atoms. The third-order valence-corrected chi connectivity index (χ3v) is 6.18. The maximum atomic E-state index is 13.2. The molecule has 0 aliphatic heterocycles. The summed E-state index contributed by atoms with van der Waals surface area (Å²) in [6, 6.07) is 13.0. The number of hydrogen-bond donors (Lipinski definition) is 1. The third-order valence-electron chi connectivity index (χ3n) is 4.94. The molecule has 1 N–H and O–H groups in total. The minimum Gasteiger partial charge on any atom is -0.497 e. The SMILES string of the molecule is COc1ccc([C@@H](CC(C)C)NC(=O)[C@H](C)N(c2cccc(OC)c2)S(C)(=O)=O)cc1. The molecule has 2 aromatic rings. The Morgan fingerprint density at radius 1 is 1.00 bits per heavy atom. The lowest BCUT2D eigenvalue weighted by atomic mass is 9.96. The molecule has 170 valence electrons. The zero-order valence-corrected chi connectivity index (χ0v) is 19.8. The maximum Gasteiger partial charge on any atom is 0.244 e. The van der Waals surface area contributed by atoms with Crippen molar-refractivity contribution in [3.8, 4) is 11.5 Å². The van der Waals surface area contributed by atoms with E-state index in [4.69, 9.17) is 9.47 Å². The molecule has 0 heterocycles. The van der Waals surface area contributed by atoms with Gasteiger partial charge in [0.1, 0.15) is 17.5 Å². The van der Waals surface area contributed by atoms with Gasteiger partial charge in [-0.15, -0.1) is 0 Å². The van der Waals surface area contributed by atoms with Crippen LogP contribution in [0.2, 0.25) is 0 Å². The fourth-order valence-electron chi connectivity index (χ4n) is 3.43. The van der Waals surface area contributed by atoms with Crippen molar-refractivity contribution in [2.75, 3.05) is 24.8 Å². The van der Waals surface area contributed by atoms with Gasteiger partial charge in [-0.3, -0.25) is 9.10 Å². The van der Waals surface area contributed by atoms with Crippen molar-refractivity contribution in [3.05, 3.63) is 54.1 Å². The first-order valence-electron chi connectivity index (χ1n) is 10.1. The summed E-state index contributed by atoms with van der Waals surface area (Å²) in [7, 11) is -0.614. The van der Waals surface area contributed by atoms with E-state index in [2.05, 4.69) is 19.2 Å². The van der Waals surface area contributed by atoms with Crippen molar-refractivity contribution in [1.29, 1.82) is 0 Å². The van der Waals surface area contributed by atoms with E-state index in [1.54, 1.807) is 38.3 Å². The van der Waals surface area contributed by atoms with Crippen molar-refractivity contribution in [2.24, 2.45) is 5.92 Å². The van der Waals surface area contributed by atoms with Crippen LogP contribution in [-0.2, 0) is 14.8 Å². The number of benzene rings is 2. The Kier molecular flexibility index (Phi) is 8.33. The molecule has 1 amide bonds. The van der Waals surface area contributed by atoms with E-state index in [0.717, 1.165) is 21.9 Å². The van der Waals surface area contributed by atoms with Crippen LogP contribution in [0, 0.1) is 5.92 Å². The highest BCUT2D eigenvalue weighted by Gasteiger charge is 2.31. The average Bonchev–Trinajstić information content (AvgIpc) is 2.72. The van der Waals surface area contributed by atoms with Crippen LogP contribution in [0.3, 0.4) is 0 Å². The average molecular weight is 449 g/mol. The fourth-order valence-corrected chi connectivity index (χ4v) is 4.60. The molecule has 0 aromatic heterocycles. The van der Waals surface area contributed by atoms with Crippen LogP contribution < -0.4 is 19.1 Å². The van der Waals surface area contributed by atoms with E-state index in [0.29, 0.717) is 23.8 Å². The van der Waals surface area contributed by atoms with E-state index in [9.17, 15) is 13.2 Å². The number of nitrogens with zero attached hydrogens (tertiary/aromatic N) is 1. The smallest absolute Gasteiger partial charge is 0.244 e. The molecule has 31 heavy (non-hydrogen) atoms. The van der Waals surface area contributed by atoms with Crippen LogP contribution >= 0.6 is 0 Å². The summed E-state index contributed by atoms with van der Waals surface area (Å²) in [5, 5.41) is 3.04. The van der Waals surface area contributed by atoms with Gasteiger partial charge in [-0.1, -0.05) is 32.0 Å². The molecule has 0 saturated heterocycles. The first-order chi connectivity index (χ1) is 14.6. The molecule has 0 unspecified atom stereocenters. The zero-order valence-electron chi connectivity index (χ0n) is 19.0. The van der Waals surface area contributed by atoms with Crippen molar-refractivity contribution in [1.82, 2.24) is 5.32 Å². The molecule has 0 radical (unpaired) electrons. The molecule has 8 heteroatoms. The van der Waals surface area contributed by atoms with Crippen LogP contribution in [0.4, 0.5) is 5.69 Å². The van der Waals surface area contributed by atoms with Crippen LogP contribution in [0.15, 0.2) is 48.5 Å². The highest BCUT2D eigenvalue weighted by Crippen LogP contribution is 2.27. The van der Waals surface area contributed by atoms with Gasteiger partial charge in [0.25, 0.3) is 0 Å². The van der Waals surface area contributed by atoms with Gasteiger partial charge in [0.15, 0.2) is 0 Å². The van der Waals surface area contributed by atoms with Crippen molar-refractivity contribution >= 4 is 21.6 Å². The Hall–Kier alpha value is -2.74. The van der Waals surface area contributed by atoms with Gasteiger partial charge in [0, 0.05) is 6.07 Å². The lowest BCUT2D eigenvalue weighted by Gasteiger charge is -2.30. The Morgan fingerprint density at radius 2 is 1.61 bits per heavy atom. The predicted molar refractivity (Wildman–Crippen MR) is 123 cm³/mol. The number of amides is 1. The molecule has 2 aromatic carbocycles. The molecular formula is C23H32N2O5S. The van der Waals surface area contributed by atoms with Gasteiger partial charge in [-0.05, 0) is 49.1 Å². The fraction of sp³-hybridized carbons (Fsp3) is 0.435. The number of carbonyl (C=O) groups excluding carboxylic acids is 1. The normalized spacial score (nSPS) is 13.4. The summed E-state index contributed by atoms with van der Waals surface area (Å²) in [6.45, 7) is 5.73. The molecule has 2 atom stereocenters. The molecule has 0 aliphatic carbocycles. The minimum absolute atomic E-state index is 0.257. The quantitative estimate of drug-likeness (QED) is 0.598. The summed E-state index contributed by atoms with van der Waals surface area (Å²) < 4.78 is 36.7. The van der Waals surface area contributed by atoms with Gasteiger partial charge < -0.3 is 14.8 Å². The van der Waals surface area contributed by atoms with E-state index in [-0.39, 0.29) is 11.9 Å². The number of carbonyl (C=O) groups is 1. The molecule has 7 nitrogen and oxygen atoms in total. The van der Waals surface area contributed by atoms with Crippen LogP contribution in [-0.4, -0.2) is 40.8 Å². The molecule has 0 saturated carbocycles. The first kappa shape index (κ1) is 24.5. The van der Waals surface area contributed by atoms with Crippen molar-refractivity contribution < 1.29 is 22.7 Å². The monoisotopic (exact) mass is 448 g/mol. The van der Waals surface area contributed by atoms with E-state index >= 15 is 0 Å². The molecule has 0 spiro atoms. The summed E-state index contributed by atoms with van der Waals surface area (Å²) in [5.41, 5.74) is 1.30. The van der Waals surface area contributed by atoms with E-state index in [1.807, 2.05) is 24.3 Å². The largest absolute Gasteiger partial charge is 0.497 e. The number of rotatable bonds is 10. The highest BCUT2D eigenvalue weighted by atomic mass is 32.2. The topological polar surface area (TPSA) is 84.9 Å².